The molecule has 1 aromatic carbocycles. The number of aliphatic imine (C=N–C) groups is 1. The Hall–Kier alpha value is -2.10. The van der Waals surface area contributed by atoms with Gasteiger partial charge in [0, 0.05) is 12.3 Å². The monoisotopic (exact) mass is 187 g/mol. The summed E-state index contributed by atoms with van der Waals surface area (Å²) < 4.78 is 0. The zero-order chi connectivity index (χ0) is 9.80. The topological polar surface area (TPSA) is 61.0 Å². The van der Waals surface area contributed by atoms with E-state index in [1.54, 1.807) is 6.21 Å². The van der Waals surface area contributed by atoms with Crippen LogP contribution in [-0.4, -0.2) is 16.4 Å². The molecule has 0 aliphatic rings. The van der Waals surface area contributed by atoms with Gasteiger partial charge in [0.2, 0.25) is 0 Å². The van der Waals surface area contributed by atoms with E-state index in [1.165, 1.54) is 6.07 Å². The van der Waals surface area contributed by atoms with Gasteiger partial charge in [0.15, 0.2) is 0 Å². The molecule has 0 unspecified atom stereocenters. The van der Waals surface area contributed by atoms with Crippen LogP contribution in [0.15, 0.2) is 46.2 Å². The summed E-state index contributed by atoms with van der Waals surface area (Å²) in [5.74, 6) is 0.527. The number of rotatable bonds is 2. The maximum absolute atomic E-state index is 10.7. The predicted molar refractivity (Wildman–Crippen MR) is 55.1 cm³/mol. The molecule has 0 radical (unpaired) electrons. The first-order chi connectivity index (χ1) is 6.84. The minimum absolute atomic E-state index is 0.176. The van der Waals surface area contributed by atoms with Crippen LogP contribution in [0.2, 0.25) is 0 Å². The van der Waals surface area contributed by atoms with Gasteiger partial charge in [0.25, 0.3) is 5.56 Å². The zero-order valence-corrected chi connectivity index (χ0v) is 7.40. The Morgan fingerprint density at radius 2 is 1.93 bits per heavy atom. The normalized spacial score (nSPS) is 10.9. The van der Waals surface area contributed by atoms with Crippen molar-refractivity contribution < 1.29 is 0 Å². The summed E-state index contributed by atoms with van der Waals surface area (Å²) in [6.45, 7) is 0. The molecule has 1 heterocycles. The fraction of sp³-hybridized carbons (Fsp3) is 0. The molecule has 0 saturated heterocycles. The molecule has 0 aliphatic heterocycles. The number of aromatic amines is 2. The molecule has 2 rings (SSSR count). The van der Waals surface area contributed by atoms with E-state index in [4.69, 9.17) is 0 Å². The summed E-state index contributed by atoms with van der Waals surface area (Å²) in [4.78, 5) is 14.8. The van der Waals surface area contributed by atoms with Gasteiger partial charge in [-0.05, 0) is 5.56 Å². The van der Waals surface area contributed by atoms with Crippen LogP contribution in [0.1, 0.15) is 5.56 Å². The van der Waals surface area contributed by atoms with E-state index in [-0.39, 0.29) is 5.56 Å². The van der Waals surface area contributed by atoms with E-state index in [2.05, 4.69) is 15.2 Å². The molecule has 0 fully saturated rings. The van der Waals surface area contributed by atoms with Crippen molar-refractivity contribution in [1.29, 1.82) is 0 Å². The molecule has 4 heteroatoms. The van der Waals surface area contributed by atoms with Crippen molar-refractivity contribution in [2.75, 3.05) is 0 Å². The second kappa shape index (κ2) is 3.74. The number of nitrogens with zero attached hydrogens (tertiary/aromatic N) is 1. The third kappa shape index (κ3) is 1.98. The van der Waals surface area contributed by atoms with Crippen molar-refractivity contribution in [3.63, 3.8) is 0 Å². The molecule has 1 aromatic heterocycles. The molecule has 14 heavy (non-hydrogen) atoms. The SMILES string of the molecule is O=c1cc(N=Cc2ccccc2)[nH][nH]1. The number of nitrogens with one attached hydrogen (secondary N) is 2. The smallest absolute Gasteiger partial charge is 0.266 e. The lowest BCUT2D eigenvalue weighted by atomic mass is 10.2. The maximum Gasteiger partial charge on any atom is 0.266 e. The van der Waals surface area contributed by atoms with Gasteiger partial charge in [-0.15, -0.1) is 0 Å². The molecule has 70 valence electrons. The molecule has 0 bridgehead atoms. The summed E-state index contributed by atoms with van der Waals surface area (Å²) in [5.41, 5.74) is 0.819. The first-order valence-electron chi connectivity index (χ1n) is 4.21. The number of hydrogen-bond acceptors (Lipinski definition) is 2. The first-order valence-corrected chi connectivity index (χ1v) is 4.21. The molecule has 0 aliphatic carbocycles. The van der Waals surface area contributed by atoms with E-state index in [0.29, 0.717) is 5.82 Å². The van der Waals surface area contributed by atoms with Crippen molar-refractivity contribution in [3.05, 3.63) is 52.3 Å². The summed E-state index contributed by atoms with van der Waals surface area (Å²) in [7, 11) is 0. The maximum atomic E-state index is 10.7. The summed E-state index contributed by atoms with van der Waals surface area (Å²) in [5, 5.41) is 5.05. The van der Waals surface area contributed by atoms with Gasteiger partial charge in [-0.1, -0.05) is 30.3 Å². The quantitative estimate of drug-likeness (QED) is 0.687. The van der Waals surface area contributed by atoms with E-state index in [0.717, 1.165) is 5.56 Å². The number of hydrogen-bond donors (Lipinski definition) is 2. The molecule has 0 spiro atoms. The first kappa shape index (κ1) is 8.50. The van der Waals surface area contributed by atoms with Crippen molar-refractivity contribution in [3.8, 4) is 0 Å². The van der Waals surface area contributed by atoms with Crippen molar-refractivity contribution in [2.24, 2.45) is 4.99 Å². The summed E-state index contributed by atoms with van der Waals surface area (Å²) in [6, 6.07) is 11.1. The van der Waals surface area contributed by atoms with Crippen LogP contribution in [0.25, 0.3) is 0 Å². The lowest BCUT2D eigenvalue weighted by molar-refractivity contribution is 1.05. The highest BCUT2D eigenvalue weighted by Crippen LogP contribution is 2.02. The molecular weight excluding hydrogens is 178 g/mol. The van der Waals surface area contributed by atoms with Crippen LogP contribution in [0.5, 0.6) is 0 Å². The third-order valence-corrected chi connectivity index (χ3v) is 1.73. The minimum Gasteiger partial charge on any atom is -0.281 e. The van der Waals surface area contributed by atoms with E-state index < -0.39 is 0 Å². The average molecular weight is 187 g/mol. The second-order valence-corrected chi connectivity index (χ2v) is 2.81. The van der Waals surface area contributed by atoms with E-state index in [1.807, 2.05) is 30.3 Å². The minimum atomic E-state index is -0.176. The van der Waals surface area contributed by atoms with Crippen LogP contribution < -0.4 is 5.56 Å². The van der Waals surface area contributed by atoms with Gasteiger partial charge in [-0.3, -0.25) is 15.0 Å². The molecule has 2 N–H and O–H groups in total. The second-order valence-electron chi connectivity index (χ2n) is 2.81. The van der Waals surface area contributed by atoms with Gasteiger partial charge in [0.1, 0.15) is 5.82 Å². The van der Waals surface area contributed by atoms with Crippen LogP contribution in [0, 0.1) is 0 Å². The Morgan fingerprint density at radius 3 is 2.57 bits per heavy atom. The number of benzene rings is 1. The Bertz CT molecular complexity index is 481. The van der Waals surface area contributed by atoms with Crippen molar-refractivity contribution in [1.82, 2.24) is 10.2 Å². The van der Waals surface area contributed by atoms with Gasteiger partial charge in [-0.2, -0.15) is 0 Å². The summed E-state index contributed by atoms with van der Waals surface area (Å²) in [6.07, 6.45) is 1.69. The molecule has 0 atom stereocenters. The Kier molecular flexibility index (Phi) is 2.27. The van der Waals surface area contributed by atoms with Crippen molar-refractivity contribution in [2.45, 2.75) is 0 Å². The van der Waals surface area contributed by atoms with Crippen LogP contribution in [-0.2, 0) is 0 Å². The highest BCUT2D eigenvalue weighted by molar-refractivity contribution is 5.81. The average Bonchev–Trinajstić information content (AvgIpc) is 2.63. The molecular formula is C10H9N3O. The summed E-state index contributed by atoms with van der Waals surface area (Å²) >= 11 is 0. The van der Waals surface area contributed by atoms with Crippen LogP contribution in [0.4, 0.5) is 5.82 Å². The fourth-order valence-electron chi connectivity index (χ4n) is 1.07. The van der Waals surface area contributed by atoms with Crippen LogP contribution in [0.3, 0.4) is 0 Å². The molecule has 0 amide bonds. The Morgan fingerprint density at radius 1 is 1.14 bits per heavy atom. The van der Waals surface area contributed by atoms with Crippen LogP contribution >= 0.6 is 0 Å². The predicted octanol–water partition coefficient (Wildman–Crippen LogP) is 1.45. The Balaban J connectivity index is 2.19. The van der Waals surface area contributed by atoms with Gasteiger partial charge in [-0.25, -0.2) is 4.99 Å². The fourth-order valence-corrected chi connectivity index (χ4v) is 1.07. The lowest BCUT2D eigenvalue weighted by Crippen LogP contribution is -1.93. The molecule has 2 aromatic rings. The zero-order valence-electron chi connectivity index (χ0n) is 7.40. The molecule has 0 saturated carbocycles. The van der Waals surface area contributed by atoms with Crippen molar-refractivity contribution >= 4 is 12.0 Å². The third-order valence-electron chi connectivity index (χ3n) is 1.73. The van der Waals surface area contributed by atoms with Gasteiger partial charge >= 0.3 is 0 Å². The lowest BCUT2D eigenvalue weighted by Gasteiger charge is -1.89. The number of H-pyrrole nitrogens is 2. The highest BCUT2D eigenvalue weighted by atomic mass is 16.1. The highest BCUT2D eigenvalue weighted by Gasteiger charge is 1.90. The molecule has 4 nitrogen and oxygen atoms in total. The largest absolute Gasteiger partial charge is 0.281 e. The van der Waals surface area contributed by atoms with Gasteiger partial charge < -0.3 is 0 Å². The van der Waals surface area contributed by atoms with Gasteiger partial charge in [0.05, 0.1) is 0 Å². The van der Waals surface area contributed by atoms with E-state index >= 15 is 0 Å². The number of aromatic nitrogens is 2. The standard InChI is InChI=1S/C10H9N3O/c14-10-6-9(12-13-10)11-7-8-4-2-1-3-5-8/h1-7H,(H2,12,13,14). The Labute approximate surface area is 80.3 Å². The van der Waals surface area contributed by atoms with E-state index in [9.17, 15) is 4.79 Å².